The summed E-state index contributed by atoms with van der Waals surface area (Å²) in [6.07, 6.45) is 0.141. The van der Waals surface area contributed by atoms with Crippen molar-refractivity contribution in [3.8, 4) is 0 Å². The van der Waals surface area contributed by atoms with E-state index >= 15 is 0 Å². The molecule has 43 nitrogen and oxygen atoms in total. The second kappa shape index (κ2) is 50.1. The van der Waals surface area contributed by atoms with Crippen molar-refractivity contribution in [1.29, 1.82) is 32.5 Å². The zero-order valence-electron chi connectivity index (χ0n) is 57.3. The van der Waals surface area contributed by atoms with Gasteiger partial charge in [0.25, 0.3) is 0 Å². The van der Waals surface area contributed by atoms with Crippen molar-refractivity contribution in [2.45, 2.75) is 202 Å². The van der Waals surface area contributed by atoms with Gasteiger partial charge in [0.1, 0.15) is 54.4 Å². The van der Waals surface area contributed by atoms with Crippen LogP contribution in [-0.4, -0.2) is 213 Å². The van der Waals surface area contributed by atoms with Gasteiger partial charge in [0.05, 0.1) is 5.54 Å². The third-order valence-electron chi connectivity index (χ3n) is 14.8. The van der Waals surface area contributed by atoms with E-state index in [0.29, 0.717) is 19.3 Å². The quantitative estimate of drug-likeness (QED) is 0.0153. The minimum Gasteiger partial charge on any atom is -0.370 e. The number of guanidine groups is 6. The lowest BCUT2D eigenvalue weighted by Crippen LogP contribution is -2.61. The number of rotatable bonds is 54. The zero-order chi connectivity index (χ0) is 75.9. The molecule has 0 aromatic carbocycles. The number of nitrogens with two attached hydrogens (primary N) is 11. The van der Waals surface area contributed by atoms with E-state index in [1.54, 1.807) is 0 Å². The first-order valence-electron chi connectivity index (χ1n) is 33.0. The number of hydrogen-bond acceptors (Lipinski definition) is 20. The van der Waals surface area contributed by atoms with Crippen LogP contribution < -0.4 is 143 Å². The van der Waals surface area contributed by atoms with Gasteiger partial charge in [0.15, 0.2) is 35.8 Å². The minimum absolute atomic E-state index is 0.00117. The van der Waals surface area contributed by atoms with Gasteiger partial charge in [-0.1, -0.05) is 0 Å². The van der Waals surface area contributed by atoms with Crippen LogP contribution in [0.5, 0.6) is 0 Å². The van der Waals surface area contributed by atoms with Gasteiger partial charge in [0, 0.05) is 45.7 Å². The Balaban J connectivity index is 7.58. The van der Waals surface area contributed by atoms with E-state index in [0.717, 1.165) is 0 Å². The summed E-state index contributed by atoms with van der Waals surface area (Å²) in [4.78, 5) is 153. The van der Waals surface area contributed by atoms with Crippen molar-refractivity contribution < 1.29 is 52.7 Å². The molecule has 0 heterocycles. The molecule has 0 unspecified atom stereocenters. The van der Waals surface area contributed by atoms with Gasteiger partial charge >= 0.3 is 0 Å². The SMILES string of the molecule is CC(C)(N)C(=O)N[C@@H](CCCNC(=N)N)C(=O)N[C@@H](CCCCN)C(=O)N[C@@H](CCCCN)C(=O)N[C@@H](CCCNC(=N)N)C(=O)N[C@@H](CCCNC(=N)N)C(=O)N[C@@H](CCC(N)=O)C(=O)N[C@@H](CCCNC(=N)N)C(=O)N[C@@H](CCCNC(=N)N)C(=O)N[C@@H](CCCNC(=N)N)C(N)=O. The fourth-order valence-corrected chi connectivity index (χ4v) is 9.41. The lowest BCUT2D eigenvalue weighted by atomic mass is 10.0. The standard InChI is InChI=1S/C57H114N32O11/c1-57(2,74)50(100)89-38(20-12-30-80-56(72)73)48(98)83-33(14-4-6-24-59)43(93)82-32(13-3-5-23-58)44(94)85-35(17-9-27-77-53(66)67)45(95)86-37(19-11-29-79-55(70)71)47(97)88-39(21-22-40(60)90)49(99)87-36(18-10-28-78-54(68)69)46(96)84-34(16-8-26-76-52(64)65)42(92)81-31(41(61)91)15-7-25-75-51(62)63/h31-39H,3-30,58-59,74H2,1-2H3,(H2,60,90)(H2,61,91)(H,81,92)(H,82,93)(H,83,98)(H,84,96)(H,85,94)(H,86,95)(H,87,99)(H,88,97)(H,89,100)(H4,62,63,75)(H4,64,65,76)(H4,66,67,77)(H4,68,69,78)(H4,70,71,79)(H4,72,73,80)/t31-,32-,33-,34-,35-,36-,37-,38-,39-/m0/s1. The number of nitrogens with one attached hydrogen (secondary N) is 21. The van der Waals surface area contributed by atoms with E-state index in [2.05, 4.69) is 79.8 Å². The summed E-state index contributed by atoms with van der Waals surface area (Å²) in [6.45, 7) is 3.58. The first-order chi connectivity index (χ1) is 47.0. The Morgan fingerprint density at radius 2 is 0.480 bits per heavy atom. The average molecular weight is 1420 g/mol. The Morgan fingerprint density at radius 3 is 0.670 bits per heavy atom. The van der Waals surface area contributed by atoms with E-state index < -0.39 is 162 Å². The van der Waals surface area contributed by atoms with Gasteiger partial charge in [-0.25, -0.2) is 0 Å². The highest BCUT2D eigenvalue weighted by atomic mass is 16.2. The van der Waals surface area contributed by atoms with E-state index in [4.69, 9.17) is 95.5 Å². The highest BCUT2D eigenvalue weighted by Gasteiger charge is 2.36. The number of unbranched alkanes of at least 4 members (excludes halogenated alkanes) is 2. The lowest BCUT2D eigenvalue weighted by Gasteiger charge is -2.29. The number of carbonyl (C=O) groups is 11. The van der Waals surface area contributed by atoms with Crippen molar-refractivity contribution in [1.82, 2.24) is 79.8 Å². The van der Waals surface area contributed by atoms with Crippen LogP contribution in [0.2, 0.25) is 0 Å². The molecule has 0 radical (unpaired) electrons. The molecule has 0 aromatic rings. The minimum atomic E-state index is -1.71. The van der Waals surface area contributed by atoms with Crippen molar-refractivity contribution in [2.24, 2.45) is 63.1 Å². The number of primary amides is 2. The smallest absolute Gasteiger partial charge is 0.243 e. The normalized spacial score (nSPS) is 13.6. The predicted octanol–water partition coefficient (Wildman–Crippen LogP) is -10.3. The van der Waals surface area contributed by atoms with Gasteiger partial charge in [0.2, 0.25) is 65.0 Å². The van der Waals surface area contributed by atoms with Crippen LogP contribution >= 0.6 is 0 Å². The second-order valence-electron chi connectivity index (χ2n) is 24.1. The summed E-state index contributed by atoms with van der Waals surface area (Å²) in [5, 5.41) is 84.3. The average Bonchev–Trinajstić information content (AvgIpc) is 0.864. The predicted molar refractivity (Wildman–Crippen MR) is 374 cm³/mol. The monoisotopic (exact) mass is 1420 g/mol. The molecule has 0 spiro atoms. The third-order valence-corrected chi connectivity index (χ3v) is 14.8. The van der Waals surface area contributed by atoms with E-state index in [1.165, 1.54) is 13.8 Å². The van der Waals surface area contributed by atoms with E-state index in [9.17, 15) is 52.7 Å². The maximum atomic E-state index is 14.7. The molecule has 100 heavy (non-hydrogen) atoms. The molecule has 43 N–H and O–H groups in total. The van der Waals surface area contributed by atoms with Crippen LogP contribution in [-0.2, 0) is 52.7 Å². The molecule has 0 aliphatic heterocycles. The van der Waals surface area contributed by atoms with Crippen LogP contribution in [0.3, 0.4) is 0 Å². The molecular formula is C57H114N32O11. The Morgan fingerprint density at radius 1 is 0.290 bits per heavy atom. The molecule has 43 heteroatoms. The van der Waals surface area contributed by atoms with Crippen molar-refractivity contribution >= 4 is 101 Å². The Kier molecular flexibility index (Phi) is 44.9. The zero-order valence-corrected chi connectivity index (χ0v) is 57.3. The van der Waals surface area contributed by atoms with Crippen LogP contribution in [0.4, 0.5) is 0 Å². The highest BCUT2D eigenvalue weighted by Crippen LogP contribution is 2.12. The number of carbonyl (C=O) groups excluding carboxylic acids is 11. The molecular weight excluding hydrogens is 1310 g/mol. The molecule has 9 atom stereocenters. The molecule has 568 valence electrons. The number of amides is 11. The molecule has 0 rings (SSSR count). The summed E-state index contributed by atoms with van der Waals surface area (Å²) in [6, 6.07) is -13.1. The Hall–Kier alpha value is -10.3. The Labute approximate surface area is 581 Å². The van der Waals surface area contributed by atoms with Crippen LogP contribution in [0.1, 0.15) is 142 Å². The van der Waals surface area contributed by atoms with E-state index in [1.807, 2.05) is 0 Å². The molecule has 0 fully saturated rings. The van der Waals surface area contributed by atoms with Crippen LogP contribution in [0.25, 0.3) is 0 Å². The fourth-order valence-electron chi connectivity index (χ4n) is 9.41. The molecule has 0 saturated heterocycles. The summed E-state index contributed by atoms with van der Waals surface area (Å²) in [5.41, 5.74) is 60.1. The van der Waals surface area contributed by atoms with Crippen molar-refractivity contribution in [3.05, 3.63) is 0 Å². The van der Waals surface area contributed by atoms with Crippen LogP contribution in [0, 0.1) is 32.5 Å². The second-order valence-corrected chi connectivity index (χ2v) is 24.1. The largest absolute Gasteiger partial charge is 0.370 e. The topological polar surface area (TPSA) is 798 Å². The first kappa shape index (κ1) is 89.7. The maximum absolute atomic E-state index is 14.7. The maximum Gasteiger partial charge on any atom is 0.243 e. The van der Waals surface area contributed by atoms with Crippen LogP contribution in [0.15, 0.2) is 0 Å². The molecule has 0 saturated carbocycles. The van der Waals surface area contributed by atoms with Crippen molar-refractivity contribution in [3.63, 3.8) is 0 Å². The summed E-state index contributed by atoms with van der Waals surface area (Å²) >= 11 is 0. The lowest BCUT2D eigenvalue weighted by molar-refractivity contribution is -0.136. The fraction of sp³-hybridized carbons (Fsp3) is 0.702. The van der Waals surface area contributed by atoms with Gasteiger partial charge in [-0.05, 0) is 149 Å². The van der Waals surface area contributed by atoms with Crippen molar-refractivity contribution in [2.75, 3.05) is 52.4 Å². The summed E-state index contributed by atoms with van der Waals surface area (Å²) in [5.74, 6) is -12.4. The van der Waals surface area contributed by atoms with Gasteiger partial charge < -0.3 is 143 Å². The van der Waals surface area contributed by atoms with E-state index in [-0.39, 0.29) is 161 Å². The summed E-state index contributed by atoms with van der Waals surface area (Å²) in [7, 11) is 0. The number of hydrogen-bond donors (Lipinski definition) is 32. The molecule has 11 amide bonds. The molecule has 0 bridgehead atoms. The first-order valence-corrected chi connectivity index (χ1v) is 33.0. The Bertz CT molecular complexity index is 2720. The molecule has 0 aliphatic rings. The third kappa shape index (κ3) is 42.4. The molecule has 0 aromatic heterocycles. The van der Waals surface area contributed by atoms with Gasteiger partial charge in [-0.2, -0.15) is 0 Å². The summed E-state index contributed by atoms with van der Waals surface area (Å²) < 4.78 is 0. The highest BCUT2D eigenvalue weighted by molar-refractivity contribution is 5.99. The molecule has 0 aliphatic carbocycles. The van der Waals surface area contributed by atoms with Gasteiger partial charge in [-0.3, -0.25) is 85.2 Å². The van der Waals surface area contributed by atoms with Gasteiger partial charge in [-0.15, -0.1) is 0 Å².